The highest BCUT2D eigenvalue weighted by molar-refractivity contribution is 9.11. The Kier molecular flexibility index (Phi) is 2.91. The van der Waals surface area contributed by atoms with Gasteiger partial charge in [-0.05, 0) is 22.4 Å². The minimum absolute atomic E-state index is 0. The first-order valence-electron chi connectivity index (χ1n) is 3.14. The van der Waals surface area contributed by atoms with Crippen LogP contribution in [0.15, 0.2) is 9.30 Å². The molecule has 2 unspecified atom stereocenters. The summed E-state index contributed by atoms with van der Waals surface area (Å²) in [4.78, 5) is 4.28. The molecular formula is C6H8BrClN2S. The fourth-order valence-corrected chi connectivity index (χ4v) is 2.08. The van der Waals surface area contributed by atoms with Crippen LogP contribution in [0.1, 0.15) is 18.0 Å². The van der Waals surface area contributed by atoms with E-state index < -0.39 is 0 Å². The second-order valence-electron chi connectivity index (χ2n) is 2.53. The summed E-state index contributed by atoms with van der Waals surface area (Å²) in [6.07, 6.45) is 1.11. The molecule has 2 N–H and O–H groups in total. The van der Waals surface area contributed by atoms with E-state index >= 15 is 0 Å². The first-order valence-corrected chi connectivity index (χ1v) is 4.81. The van der Waals surface area contributed by atoms with E-state index in [1.54, 1.807) is 11.3 Å². The molecule has 0 amide bonds. The third-order valence-electron chi connectivity index (χ3n) is 1.71. The van der Waals surface area contributed by atoms with Gasteiger partial charge < -0.3 is 5.73 Å². The lowest BCUT2D eigenvalue weighted by atomic mass is 10.3. The van der Waals surface area contributed by atoms with Crippen LogP contribution >= 0.6 is 39.7 Å². The molecule has 0 radical (unpaired) electrons. The van der Waals surface area contributed by atoms with E-state index in [1.165, 1.54) is 0 Å². The van der Waals surface area contributed by atoms with Crippen LogP contribution in [0.2, 0.25) is 0 Å². The molecule has 62 valence electrons. The number of nitrogens with two attached hydrogens (primary N) is 1. The summed E-state index contributed by atoms with van der Waals surface area (Å²) in [5.74, 6) is 0.544. The minimum Gasteiger partial charge on any atom is -0.327 e. The largest absolute Gasteiger partial charge is 0.327 e. The maximum Gasteiger partial charge on any atom is 0.159 e. The van der Waals surface area contributed by atoms with Crippen LogP contribution in [-0.4, -0.2) is 11.0 Å². The standard InChI is InChI=1S/C6H7BrN2S.ClH/c7-6-9-5(2-10-6)3-1-4(3)8;/h2-4H,1,8H2;1H. The first kappa shape index (κ1) is 9.45. The van der Waals surface area contributed by atoms with Crippen molar-refractivity contribution in [3.05, 3.63) is 15.0 Å². The predicted molar refractivity (Wildman–Crippen MR) is 52.4 cm³/mol. The molecule has 1 aliphatic carbocycles. The van der Waals surface area contributed by atoms with Crippen molar-refractivity contribution in [2.75, 3.05) is 0 Å². The summed E-state index contributed by atoms with van der Waals surface area (Å²) >= 11 is 4.94. The van der Waals surface area contributed by atoms with E-state index in [1.807, 2.05) is 0 Å². The van der Waals surface area contributed by atoms with Gasteiger partial charge in [0.1, 0.15) is 0 Å². The van der Waals surface area contributed by atoms with Crippen molar-refractivity contribution < 1.29 is 0 Å². The SMILES string of the molecule is Cl.NC1CC1c1csc(Br)n1. The van der Waals surface area contributed by atoms with Crippen molar-refractivity contribution >= 4 is 39.7 Å². The third kappa shape index (κ3) is 1.93. The predicted octanol–water partition coefficient (Wildman–Crippen LogP) is 2.14. The van der Waals surface area contributed by atoms with Crippen molar-refractivity contribution in [3.63, 3.8) is 0 Å². The molecule has 5 heteroatoms. The van der Waals surface area contributed by atoms with E-state index in [9.17, 15) is 0 Å². The lowest BCUT2D eigenvalue weighted by Gasteiger charge is -1.85. The van der Waals surface area contributed by atoms with Crippen LogP contribution in [0.3, 0.4) is 0 Å². The van der Waals surface area contributed by atoms with Crippen LogP contribution in [0.25, 0.3) is 0 Å². The van der Waals surface area contributed by atoms with E-state index in [0.29, 0.717) is 12.0 Å². The number of rotatable bonds is 1. The lowest BCUT2D eigenvalue weighted by molar-refractivity contribution is 0.955. The smallest absolute Gasteiger partial charge is 0.159 e. The van der Waals surface area contributed by atoms with E-state index in [4.69, 9.17) is 5.73 Å². The molecule has 2 atom stereocenters. The molecule has 0 spiro atoms. The molecule has 1 fully saturated rings. The topological polar surface area (TPSA) is 38.9 Å². The molecule has 0 aromatic carbocycles. The average Bonchev–Trinajstić information content (AvgIpc) is 2.42. The van der Waals surface area contributed by atoms with Crippen LogP contribution in [0.4, 0.5) is 0 Å². The molecule has 1 saturated carbocycles. The third-order valence-corrected chi connectivity index (χ3v) is 3.10. The average molecular weight is 256 g/mol. The summed E-state index contributed by atoms with van der Waals surface area (Å²) in [6, 6.07) is 0.369. The quantitative estimate of drug-likeness (QED) is 0.835. The van der Waals surface area contributed by atoms with Crippen molar-refractivity contribution in [2.24, 2.45) is 5.73 Å². The molecule has 11 heavy (non-hydrogen) atoms. The molecular weight excluding hydrogens is 248 g/mol. The lowest BCUT2D eigenvalue weighted by Crippen LogP contribution is -2.00. The minimum atomic E-state index is 0. The van der Waals surface area contributed by atoms with Crippen molar-refractivity contribution in [1.82, 2.24) is 4.98 Å². The maximum absolute atomic E-state index is 5.66. The Morgan fingerprint density at radius 1 is 1.73 bits per heavy atom. The maximum atomic E-state index is 5.66. The van der Waals surface area contributed by atoms with Gasteiger partial charge >= 0.3 is 0 Å². The molecule has 1 aliphatic rings. The molecule has 0 saturated heterocycles. The molecule has 2 nitrogen and oxygen atoms in total. The van der Waals surface area contributed by atoms with Crippen molar-refractivity contribution in [3.8, 4) is 0 Å². The Morgan fingerprint density at radius 3 is 2.73 bits per heavy atom. The van der Waals surface area contributed by atoms with Crippen molar-refractivity contribution in [2.45, 2.75) is 18.4 Å². The van der Waals surface area contributed by atoms with E-state index in [2.05, 4.69) is 26.3 Å². The van der Waals surface area contributed by atoms with E-state index in [-0.39, 0.29) is 12.4 Å². The monoisotopic (exact) mass is 254 g/mol. The highest BCUT2D eigenvalue weighted by Crippen LogP contribution is 2.39. The summed E-state index contributed by atoms with van der Waals surface area (Å²) in [5.41, 5.74) is 6.81. The van der Waals surface area contributed by atoms with Crippen LogP contribution < -0.4 is 5.73 Å². The molecule has 1 aromatic heterocycles. The zero-order valence-corrected chi connectivity index (χ0v) is 8.88. The zero-order valence-electron chi connectivity index (χ0n) is 5.66. The number of thiazole rings is 1. The van der Waals surface area contributed by atoms with Gasteiger partial charge in [-0.3, -0.25) is 0 Å². The summed E-state index contributed by atoms with van der Waals surface area (Å²) in [7, 11) is 0. The highest BCUT2D eigenvalue weighted by atomic mass is 79.9. The number of nitrogens with zero attached hydrogens (tertiary/aromatic N) is 1. The second kappa shape index (κ2) is 3.39. The zero-order chi connectivity index (χ0) is 7.14. The highest BCUT2D eigenvalue weighted by Gasteiger charge is 2.36. The van der Waals surface area contributed by atoms with Crippen LogP contribution in [0.5, 0.6) is 0 Å². The fourth-order valence-electron chi connectivity index (χ4n) is 0.988. The molecule has 2 rings (SSSR count). The van der Waals surface area contributed by atoms with Gasteiger partial charge in [0.25, 0.3) is 0 Å². The van der Waals surface area contributed by atoms with Crippen LogP contribution in [-0.2, 0) is 0 Å². The van der Waals surface area contributed by atoms with Gasteiger partial charge in [-0.2, -0.15) is 0 Å². The van der Waals surface area contributed by atoms with Gasteiger partial charge in [0.15, 0.2) is 3.92 Å². The second-order valence-corrected chi connectivity index (χ2v) is 4.67. The summed E-state index contributed by atoms with van der Waals surface area (Å²) < 4.78 is 0.960. The van der Waals surface area contributed by atoms with Gasteiger partial charge in [0.05, 0.1) is 5.69 Å². The van der Waals surface area contributed by atoms with Crippen LogP contribution in [0, 0.1) is 0 Å². The Hall–Kier alpha value is 0.360. The Morgan fingerprint density at radius 2 is 2.36 bits per heavy atom. The number of halogens is 2. The summed E-state index contributed by atoms with van der Waals surface area (Å²) in [6.45, 7) is 0. The van der Waals surface area contributed by atoms with Gasteiger partial charge in [-0.1, -0.05) is 0 Å². The normalized spacial score (nSPS) is 27.8. The van der Waals surface area contributed by atoms with E-state index in [0.717, 1.165) is 16.0 Å². The van der Waals surface area contributed by atoms with Gasteiger partial charge in [-0.25, -0.2) is 4.98 Å². The first-order chi connectivity index (χ1) is 4.77. The molecule has 1 aromatic rings. The number of hydrogen-bond acceptors (Lipinski definition) is 3. The molecule has 0 bridgehead atoms. The molecule has 1 heterocycles. The van der Waals surface area contributed by atoms with Crippen molar-refractivity contribution in [1.29, 1.82) is 0 Å². The fraction of sp³-hybridized carbons (Fsp3) is 0.500. The Balaban J connectivity index is 0.000000605. The Bertz CT molecular complexity index is 252. The van der Waals surface area contributed by atoms with Gasteiger partial charge in [0.2, 0.25) is 0 Å². The Labute approximate surface area is 83.7 Å². The summed E-state index contributed by atoms with van der Waals surface area (Å²) in [5, 5.41) is 2.07. The van der Waals surface area contributed by atoms with Gasteiger partial charge in [-0.15, -0.1) is 23.7 Å². The number of aromatic nitrogens is 1. The molecule has 0 aliphatic heterocycles. The van der Waals surface area contributed by atoms with Gasteiger partial charge in [0, 0.05) is 17.3 Å². The number of hydrogen-bond donors (Lipinski definition) is 1.